The van der Waals surface area contributed by atoms with Gasteiger partial charge in [-0.2, -0.15) is 0 Å². The van der Waals surface area contributed by atoms with Gasteiger partial charge < -0.3 is 19.3 Å². The van der Waals surface area contributed by atoms with Crippen molar-refractivity contribution < 1.29 is 27.0 Å². The van der Waals surface area contributed by atoms with E-state index in [0.29, 0.717) is 0 Å². The quantitative estimate of drug-likeness (QED) is 0.213. The smallest absolute Gasteiger partial charge is 0.175 e. The van der Waals surface area contributed by atoms with Crippen molar-refractivity contribution in [3.05, 3.63) is 143 Å². The van der Waals surface area contributed by atoms with E-state index in [0.717, 1.165) is 70.5 Å². The third kappa shape index (κ3) is 5.66. The van der Waals surface area contributed by atoms with Gasteiger partial charge in [0.2, 0.25) is 0 Å². The first-order valence-corrected chi connectivity index (χ1v) is 21.9. The normalized spacial score (nSPS) is 23.6. The molecule has 276 valence electrons. The van der Waals surface area contributed by atoms with Gasteiger partial charge in [-0.1, -0.05) is 60.7 Å². The average Bonchev–Trinajstić information content (AvgIpc) is 3.94. The summed E-state index contributed by atoms with van der Waals surface area (Å²) in [6, 6.07) is 26.8. The summed E-state index contributed by atoms with van der Waals surface area (Å²) in [5.41, 5.74) is 10.4. The molecule has 10 rings (SSSR count). The first-order chi connectivity index (χ1) is 25.9. The van der Waals surface area contributed by atoms with Crippen molar-refractivity contribution in [2.75, 3.05) is 12.5 Å². The Morgan fingerprint density at radius 2 is 0.981 bits per heavy atom. The molecule has 0 amide bonds. The summed E-state index contributed by atoms with van der Waals surface area (Å²) in [5, 5.41) is 22.5. The average molecular weight is 761 g/mol. The van der Waals surface area contributed by atoms with Gasteiger partial charge in [-0.15, -0.1) is 0 Å². The van der Waals surface area contributed by atoms with Crippen LogP contribution in [-0.2, 0) is 32.5 Å². The van der Waals surface area contributed by atoms with Crippen LogP contribution in [0.5, 0.6) is 0 Å². The zero-order valence-electron chi connectivity index (χ0n) is 29.8. The van der Waals surface area contributed by atoms with Crippen LogP contribution in [-0.4, -0.2) is 58.7 Å². The van der Waals surface area contributed by atoms with E-state index < -0.39 is 31.9 Å². The molecule has 0 saturated heterocycles. The van der Waals surface area contributed by atoms with Crippen LogP contribution in [0.4, 0.5) is 0 Å². The van der Waals surface area contributed by atoms with Crippen LogP contribution in [0.15, 0.2) is 120 Å². The number of aryl methyl sites for hydroxylation is 2. The van der Waals surface area contributed by atoms with E-state index in [1.165, 1.54) is 23.6 Å². The van der Waals surface area contributed by atoms with Gasteiger partial charge in [-0.3, -0.25) is 0 Å². The molecule has 0 radical (unpaired) electrons. The standard InChI is InChI=1S/2C21H20N2O3S/c2*1-27(25,26)14-8-6-13-7-9-17(21(24)18(13)10-14)20-16-5-3-2-4-15(16)19-11-22-12-23(19)20/h2*2-6,8,10-12,17,20-21,24H,7,9H2,1H3/t2*17-,20+,21-/m10/s1. The van der Waals surface area contributed by atoms with Gasteiger partial charge in [0.1, 0.15) is 0 Å². The van der Waals surface area contributed by atoms with Gasteiger partial charge in [0, 0.05) is 35.5 Å². The molecular formula is C42H40N4O6S2. The molecule has 54 heavy (non-hydrogen) atoms. The first kappa shape index (κ1) is 34.9. The number of hydrogen-bond acceptors (Lipinski definition) is 8. The van der Waals surface area contributed by atoms with Gasteiger partial charge in [0.05, 0.1) is 70.5 Å². The maximum Gasteiger partial charge on any atom is 0.175 e. The maximum absolute atomic E-state index is 12.0. The summed E-state index contributed by atoms with van der Waals surface area (Å²) < 4.78 is 52.1. The minimum Gasteiger partial charge on any atom is -0.388 e. The number of aromatic nitrogens is 4. The highest BCUT2D eigenvalue weighted by Gasteiger charge is 2.42. The predicted molar refractivity (Wildman–Crippen MR) is 204 cm³/mol. The Balaban J connectivity index is 0.000000142. The fourth-order valence-corrected chi connectivity index (χ4v) is 10.6. The highest BCUT2D eigenvalue weighted by Crippen LogP contribution is 2.51. The molecule has 0 saturated carbocycles. The Morgan fingerprint density at radius 1 is 0.574 bits per heavy atom. The second-order valence-corrected chi connectivity index (χ2v) is 19.0. The first-order valence-electron chi connectivity index (χ1n) is 18.1. The highest BCUT2D eigenvalue weighted by molar-refractivity contribution is 7.91. The van der Waals surface area contributed by atoms with E-state index in [4.69, 9.17) is 0 Å². The molecule has 12 heteroatoms. The lowest BCUT2D eigenvalue weighted by atomic mass is 9.76. The summed E-state index contributed by atoms with van der Waals surface area (Å²) >= 11 is 0. The second kappa shape index (κ2) is 12.9. The van der Waals surface area contributed by atoms with Crippen LogP contribution in [0.1, 0.15) is 70.5 Å². The van der Waals surface area contributed by atoms with Crippen molar-refractivity contribution in [3.8, 4) is 22.5 Å². The number of rotatable bonds is 4. The molecule has 4 heterocycles. The lowest BCUT2D eigenvalue weighted by Crippen LogP contribution is -2.28. The Labute approximate surface area is 314 Å². The van der Waals surface area contributed by atoms with E-state index >= 15 is 0 Å². The molecule has 2 N–H and O–H groups in total. The molecule has 0 spiro atoms. The van der Waals surface area contributed by atoms with E-state index in [1.54, 1.807) is 24.3 Å². The number of aliphatic hydroxyl groups is 2. The van der Waals surface area contributed by atoms with Crippen molar-refractivity contribution in [2.45, 2.75) is 59.8 Å². The van der Waals surface area contributed by atoms with Crippen molar-refractivity contribution in [1.29, 1.82) is 0 Å². The van der Waals surface area contributed by atoms with E-state index in [-0.39, 0.29) is 33.7 Å². The molecule has 6 atom stereocenters. The summed E-state index contributed by atoms with van der Waals surface area (Å²) in [5.74, 6) is -0.0761. The minimum absolute atomic E-state index is 0.00346. The lowest BCUT2D eigenvalue weighted by Gasteiger charge is -2.35. The van der Waals surface area contributed by atoms with Crippen LogP contribution in [0.25, 0.3) is 22.5 Å². The Hall–Kier alpha value is -4.88. The van der Waals surface area contributed by atoms with E-state index in [1.807, 2.05) is 61.4 Å². The zero-order chi connectivity index (χ0) is 37.5. The van der Waals surface area contributed by atoms with Crippen molar-refractivity contribution in [2.24, 2.45) is 11.8 Å². The largest absolute Gasteiger partial charge is 0.388 e. The number of benzene rings is 4. The molecule has 10 nitrogen and oxygen atoms in total. The van der Waals surface area contributed by atoms with Crippen LogP contribution in [0.3, 0.4) is 0 Å². The number of fused-ring (bicyclic) bond motifs is 8. The molecule has 2 aliphatic carbocycles. The van der Waals surface area contributed by atoms with Gasteiger partial charge in [0.25, 0.3) is 0 Å². The van der Waals surface area contributed by atoms with Crippen molar-refractivity contribution in [3.63, 3.8) is 0 Å². The lowest BCUT2D eigenvalue weighted by molar-refractivity contribution is 0.0716. The number of hydrogen-bond donors (Lipinski definition) is 2. The highest BCUT2D eigenvalue weighted by atomic mass is 32.2. The van der Waals surface area contributed by atoms with Crippen LogP contribution in [0, 0.1) is 11.8 Å². The van der Waals surface area contributed by atoms with Gasteiger partial charge >= 0.3 is 0 Å². The van der Waals surface area contributed by atoms with Crippen molar-refractivity contribution in [1.82, 2.24) is 19.1 Å². The number of sulfone groups is 2. The summed E-state index contributed by atoms with van der Waals surface area (Å²) in [6.45, 7) is 0. The van der Waals surface area contributed by atoms with Crippen LogP contribution in [0.2, 0.25) is 0 Å². The second-order valence-electron chi connectivity index (χ2n) is 15.0. The van der Waals surface area contributed by atoms with Crippen LogP contribution < -0.4 is 0 Å². The molecule has 6 aromatic rings. The molecule has 2 aromatic heterocycles. The summed E-state index contributed by atoms with van der Waals surface area (Å²) in [4.78, 5) is 9.13. The zero-order valence-corrected chi connectivity index (χ0v) is 31.5. The third-order valence-corrected chi connectivity index (χ3v) is 14.1. The fraction of sp³-hybridized carbons (Fsp3) is 0.286. The summed E-state index contributed by atoms with van der Waals surface area (Å²) in [6.07, 6.45) is 11.7. The van der Waals surface area contributed by atoms with Crippen molar-refractivity contribution >= 4 is 19.7 Å². The predicted octanol–water partition coefficient (Wildman–Crippen LogP) is 6.30. The molecule has 0 fully saturated rings. The molecular weight excluding hydrogens is 721 g/mol. The Morgan fingerprint density at radius 3 is 1.39 bits per heavy atom. The SMILES string of the molecule is CS(=O)(=O)c1ccc2c(c1)[C@@H](O)[C@H]([C@H]1c3ccccc3-c3cncn31)CC2.CS(=O)(=O)c1ccc2c(c1)[C@H](O)[C@@H]([C@@H]1c3ccccc3-c3cncn31)CC2. The number of nitrogens with zero attached hydrogens (tertiary/aromatic N) is 4. The number of aliphatic hydroxyl groups excluding tert-OH is 2. The number of imidazole rings is 2. The van der Waals surface area contributed by atoms with Gasteiger partial charge in [0.15, 0.2) is 19.7 Å². The minimum atomic E-state index is -3.31. The molecule has 4 aliphatic rings. The Kier molecular flexibility index (Phi) is 8.31. The summed E-state index contributed by atoms with van der Waals surface area (Å²) in [7, 11) is -6.62. The molecule has 2 aliphatic heterocycles. The molecule has 0 bridgehead atoms. The molecule has 0 unspecified atom stereocenters. The third-order valence-electron chi connectivity index (χ3n) is 11.9. The topological polar surface area (TPSA) is 144 Å². The monoisotopic (exact) mass is 760 g/mol. The fourth-order valence-electron chi connectivity index (χ4n) is 9.32. The van der Waals surface area contributed by atoms with E-state index in [9.17, 15) is 27.0 Å². The molecule has 4 aromatic carbocycles. The van der Waals surface area contributed by atoms with E-state index in [2.05, 4.69) is 43.4 Å². The van der Waals surface area contributed by atoms with Gasteiger partial charge in [-0.05, 0) is 83.3 Å². The van der Waals surface area contributed by atoms with Gasteiger partial charge in [-0.25, -0.2) is 26.8 Å². The van der Waals surface area contributed by atoms with Crippen LogP contribution >= 0.6 is 0 Å². The Bertz CT molecular complexity index is 2480. The maximum atomic E-state index is 12.0.